The molecular weight excluding hydrogens is 205 g/mol. The van der Waals surface area contributed by atoms with Gasteiger partial charge in [-0.25, -0.2) is 13.6 Å². The van der Waals surface area contributed by atoms with Gasteiger partial charge in [-0.2, -0.15) is 0 Å². The summed E-state index contributed by atoms with van der Waals surface area (Å²) in [5, 5.41) is 14.3. The van der Waals surface area contributed by atoms with Gasteiger partial charge in [0, 0.05) is 0 Å². The van der Waals surface area contributed by atoms with E-state index >= 15 is 0 Å². The number of rotatable bonds is 1. The molecule has 0 bridgehead atoms. The normalized spacial score (nSPS) is 15.7. The first-order chi connectivity index (χ1) is 6.48. The van der Waals surface area contributed by atoms with Crippen LogP contribution in [0.4, 0.5) is 0 Å². The van der Waals surface area contributed by atoms with Crippen molar-refractivity contribution < 1.29 is 18.1 Å². The van der Waals surface area contributed by atoms with E-state index in [1.807, 2.05) is 0 Å². The highest BCUT2D eigenvalue weighted by atomic mass is 32.2. The van der Waals surface area contributed by atoms with Gasteiger partial charge < -0.3 is 9.68 Å². The average Bonchev–Trinajstić information content (AvgIpc) is 2.46. The smallest absolute Gasteiger partial charge is 0.423 e. The van der Waals surface area contributed by atoms with E-state index in [9.17, 15) is 13.4 Å². The van der Waals surface area contributed by atoms with Crippen molar-refractivity contribution in [2.45, 2.75) is 11.5 Å². The molecule has 1 aromatic rings. The summed E-state index contributed by atoms with van der Waals surface area (Å²) in [7, 11) is -4.76. The molecular formula is C7H8BNO4S. The van der Waals surface area contributed by atoms with Crippen molar-refractivity contribution in [2.75, 3.05) is 0 Å². The van der Waals surface area contributed by atoms with Crippen LogP contribution >= 0.6 is 0 Å². The van der Waals surface area contributed by atoms with Gasteiger partial charge in [-0.05, 0) is 23.2 Å². The van der Waals surface area contributed by atoms with Crippen LogP contribution in [0.5, 0.6) is 0 Å². The Morgan fingerprint density at radius 2 is 2.21 bits per heavy atom. The SMILES string of the molecule is NS(=O)(=O)c1ccc2c(c1)B(O)OC2. The highest BCUT2D eigenvalue weighted by Crippen LogP contribution is 2.13. The second kappa shape index (κ2) is 3.06. The topological polar surface area (TPSA) is 89.6 Å². The fourth-order valence-electron chi connectivity index (χ4n) is 1.37. The molecule has 0 radical (unpaired) electrons. The predicted molar refractivity (Wildman–Crippen MR) is 50.2 cm³/mol. The van der Waals surface area contributed by atoms with E-state index in [4.69, 9.17) is 9.79 Å². The molecule has 0 saturated carbocycles. The van der Waals surface area contributed by atoms with Crippen molar-refractivity contribution in [3.8, 4) is 0 Å². The summed E-state index contributed by atoms with van der Waals surface area (Å²) in [4.78, 5) is -0.0131. The molecule has 0 aliphatic carbocycles. The van der Waals surface area contributed by atoms with E-state index in [-0.39, 0.29) is 4.90 Å². The standard InChI is InChI=1S/C7H8BNO4S/c9-14(11,12)6-2-1-5-4-13-8(10)7(5)3-6/h1-3,10H,4H2,(H2,9,11,12). The highest BCUT2D eigenvalue weighted by Gasteiger charge is 2.28. The van der Waals surface area contributed by atoms with Gasteiger partial charge in [0.05, 0.1) is 11.5 Å². The van der Waals surface area contributed by atoms with Crippen LogP contribution < -0.4 is 10.6 Å². The van der Waals surface area contributed by atoms with Crippen molar-refractivity contribution in [1.82, 2.24) is 0 Å². The Bertz CT molecular complexity index is 473. The van der Waals surface area contributed by atoms with Crippen LogP contribution in [-0.2, 0) is 21.3 Å². The Balaban J connectivity index is 2.56. The number of nitrogens with two attached hydrogens (primary N) is 1. The maximum absolute atomic E-state index is 11.0. The minimum atomic E-state index is -3.71. The third-order valence-electron chi connectivity index (χ3n) is 2.11. The molecule has 1 aliphatic heterocycles. The quantitative estimate of drug-likeness (QED) is 0.558. The van der Waals surface area contributed by atoms with Gasteiger partial charge in [-0.3, -0.25) is 0 Å². The monoisotopic (exact) mass is 213 g/mol. The number of benzene rings is 1. The average molecular weight is 213 g/mol. The van der Waals surface area contributed by atoms with Crippen LogP contribution in [0.25, 0.3) is 0 Å². The Labute approximate surface area is 81.7 Å². The first kappa shape index (κ1) is 9.66. The largest absolute Gasteiger partial charge is 0.491 e. The fraction of sp³-hybridized carbons (Fsp3) is 0.143. The first-order valence-corrected chi connectivity index (χ1v) is 5.48. The molecule has 0 aromatic heterocycles. The van der Waals surface area contributed by atoms with E-state index in [0.29, 0.717) is 12.1 Å². The van der Waals surface area contributed by atoms with Crippen molar-refractivity contribution >= 4 is 22.6 Å². The van der Waals surface area contributed by atoms with E-state index in [1.54, 1.807) is 6.07 Å². The summed E-state index contributed by atoms with van der Waals surface area (Å²) in [6.07, 6.45) is 0. The molecule has 5 nitrogen and oxygen atoms in total. The lowest BCUT2D eigenvalue weighted by atomic mass is 9.80. The molecule has 0 unspecified atom stereocenters. The summed E-state index contributed by atoms with van der Waals surface area (Å²) in [5.41, 5.74) is 1.25. The molecule has 74 valence electrons. The van der Waals surface area contributed by atoms with Crippen LogP contribution in [0.15, 0.2) is 23.1 Å². The minimum absolute atomic E-state index is 0.0131. The number of fused-ring (bicyclic) bond motifs is 1. The number of sulfonamides is 1. The zero-order valence-corrected chi connectivity index (χ0v) is 7.99. The Morgan fingerprint density at radius 1 is 1.50 bits per heavy atom. The number of hydrogen-bond donors (Lipinski definition) is 2. The first-order valence-electron chi connectivity index (χ1n) is 3.94. The molecule has 0 atom stereocenters. The van der Waals surface area contributed by atoms with Crippen LogP contribution in [0.1, 0.15) is 5.56 Å². The minimum Gasteiger partial charge on any atom is -0.423 e. The maximum Gasteiger partial charge on any atom is 0.491 e. The van der Waals surface area contributed by atoms with Crippen LogP contribution in [0.3, 0.4) is 0 Å². The van der Waals surface area contributed by atoms with Crippen LogP contribution in [0, 0.1) is 0 Å². The summed E-state index contributed by atoms with van der Waals surface area (Å²) in [6.45, 7) is 0.293. The zero-order chi connectivity index (χ0) is 10.3. The van der Waals surface area contributed by atoms with Crippen molar-refractivity contribution in [3.05, 3.63) is 23.8 Å². The Hall–Kier alpha value is -0.885. The Kier molecular flexibility index (Phi) is 2.11. The molecule has 1 aliphatic rings. The molecule has 3 N–H and O–H groups in total. The number of hydrogen-bond acceptors (Lipinski definition) is 4. The maximum atomic E-state index is 11.0. The molecule has 0 saturated heterocycles. The Morgan fingerprint density at radius 3 is 2.86 bits per heavy atom. The van der Waals surface area contributed by atoms with E-state index in [2.05, 4.69) is 0 Å². The van der Waals surface area contributed by atoms with Gasteiger partial charge in [0.2, 0.25) is 10.0 Å². The lowest BCUT2D eigenvalue weighted by Gasteiger charge is -2.01. The van der Waals surface area contributed by atoms with E-state index < -0.39 is 17.1 Å². The van der Waals surface area contributed by atoms with Gasteiger partial charge in [0.15, 0.2) is 0 Å². The van der Waals surface area contributed by atoms with Gasteiger partial charge in [-0.15, -0.1) is 0 Å². The summed E-state index contributed by atoms with van der Waals surface area (Å²) in [6, 6.07) is 4.32. The third kappa shape index (κ3) is 1.55. The van der Waals surface area contributed by atoms with Crippen molar-refractivity contribution in [3.63, 3.8) is 0 Å². The van der Waals surface area contributed by atoms with Gasteiger partial charge >= 0.3 is 7.12 Å². The molecule has 0 fully saturated rings. The summed E-state index contributed by atoms with van der Waals surface area (Å²) < 4.78 is 26.9. The zero-order valence-electron chi connectivity index (χ0n) is 7.17. The molecule has 0 spiro atoms. The van der Waals surface area contributed by atoms with E-state index in [1.165, 1.54) is 12.1 Å². The third-order valence-corrected chi connectivity index (χ3v) is 3.02. The van der Waals surface area contributed by atoms with Crippen LogP contribution in [-0.4, -0.2) is 20.6 Å². The molecule has 1 heterocycles. The van der Waals surface area contributed by atoms with Crippen molar-refractivity contribution in [1.29, 1.82) is 0 Å². The molecule has 0 amide bonds. The summed E-state index contributed by atoms with van der Waals surface area (Å²) in [5.74, 6) is 0. The van der Waals surface area contributed by atoms with Gasteiger partial charge in [0.25, 0.3) is 0 Å². The molecule has 7 heteroatoms. The fourth-order valence-corrected chi connectivity index (χ4v) is 1.92. The lowest BCUT2D eigenvalue weighted by Crippen LogP contribution is -2.29. The predicted octanol–water partition coefficient (Wildman–Crippen LogP) is -1.45. The summed E-state index contributed by atoms with van der Waals surface area (Å²) >= 11 is 0. The molecule has 14 heavy (non-hydrogen) atoms. The lowest BCUT2D eigenvalue weighted by molar-refractivity contribution is 0.275. The number of primary sulfonamides is 1. The van der Waals surface area contributed by atoms with Gasteiger partial charge in [-0.1, -0.05) is 6.07 Å². The van der Waals surface area contributed by atoms with Gasteiger partial charge in [0.1, 0.15) is 0 Å². The molecule has 1 aromatic carbocycles. The molecule has 2 rings (SSSR count). The second-order valence-corrected chi connectivity index (χ2v) is 4.63. The van der Waals surface area contributed by atoms with Crippen LogP contribution in [0.2, 0.25) is 0 Å². The second-order valence-electron chi connectivity index (χ2n) is 3.07. The van der Waals surface area contributed by atoms with Crippen molar-refractivity contribution in [2.24, 2.45) is 5.14 Å². The highest BCUT2D eigenvalue weighted by molar-refractivity contribution is 7.89. The van der Waals surface area contributed by atoms with E-state index in [0.717, 1.165) is 5.56 Å².